The van der Waals surface area contributed by atoms with Crippen LogP contribution in [0.3, 0.4) is 0 Å². The van der Waals surface area contributed by atoms with Gasteiger partial charge in [-0.2, -0.15) is 0 Å². The fraction of sp³-hybridized carbons (Fsp3) is 0.615. The van der Waals surface area contributed by atoms with Gasteiger partial charge in [-0.3, -0.25) is 9.59 Å². The number of para-hydroxylation sites is 1. The summed E-state index contributed by atoms with van der Waals surface area (Å²) >= 11 is 0. The number of carbonyl (C=O) groups is 2. The van der Waals surface area contributed by atoms with Crippen LogP contribution in [0, 0.1) is 0 Å². The van der Waals surface area contributed by atoms with Crippen LogP contribution in [0.5, 0.6) is 5.75 Å². The number of hydrogen-bond donors (Lipinski definition) is 8. The first-order chi connectivity index (χ1) is 19.0. The van der Waals surface area contributed by atoms with E-state index >= 15 is 0 Å². The molecule has 216 valence electrons. The molecule has 6 rings (SSSR count). The molecule has 0 aliphatic carbocycles. The average molecular weight is 556 g/mol. The molecule has 1 aromatic carbocycles. The topological polar surface area (TPSA) is 212 Å². The number of hydrogen-bond acceptors (Lipinski definition) is 12. The predicted octanol–water partition coefficient (Wildman–Crippen LogP) is -2.61. The fourth-order valence-electron chi connectivity index (χ4n) is 6.67. The molecule has 1 aromatic rings. The number of aliphatic hydroxyl groups is 2. The molecule has 14 nitrogen and oxygen atoms in total. The number of fused-ring (bicyclic) bond motifs is 1. The molecule has 2 fully saturated rings. The Kier molecular flexibility index (Phi) is 6.12. The molecule has 14 heteroatoms. The molecule has 4 unspecified atom stereocenters. The third-order valence-corrected chi connectivity index (χ3v) is 8.93. The highest BCUT2D eigenvalue weighted by atomic mass is 16.5. The number of aliphatic imine (C=N–C) groups is 2. The van der Waals surface area contributed by atoms with Gasteiger partial charge in [0.1, 0.15) is 17.8 Å². The summed E-state index contributed by atoms with van der Waals surface area (Å²) in [6, 6.07) is 2.24. The van der Waals surface area contributed by atoms with E-state index in [1.165, 1.54) is 4.90 Å². The maximum Gasteiger partial charge on any atom is 0.255 e. The third kappa shape index (κ3) is 3.88. The van der Waals surface area contributed by atoms with Crippen LogP contribution in [0.1, 0.15) is 49.0 Å². The van der Waals surface area contributed by atoms with Gasteiger partial charge in [-0.25, -0.2) is 9.98 Å². The van der Waals surface area contributed by atoms with Crippen molar-refractivity contribution in [1.29, 1.82) is 0 Å². The Hall–Kier alpha value is -3.62. The fourth-order valence-corrected chi connectivity index (χ4v) is 6.67. The molecule has 2 saturated heterocycles. The Balaban J connectivity index is 1.26. The summed E-state index contributed by atoms with van der Waals surface area (Å²) in [5.41, 5.74) is 11.7. The van der Waals surface area contributed by atoms with E-state index in [9.17, 15) is 19.8 Å². The number of benzene rings is 1. The van der Waals surface area contributed by atoms with Gasteiger partial charge in [0.05, 0.1) is 24.3 Å². The normalized spacial score (nSPS) is 33.0. The smallest absolute Gasteiger partial charge is 0.255 e. The van der Waals surface area contributed by atoms with Crippen molar-refractivity contribution in [1.82, 2.24) is 26.2 Å². The lowest BCUT2D eigenvalue weighted by molar-refractivity contribution is -0.230. The number of guanidine groups is 2. The predicted molar refractivity (Wildman–Crippen MR) is 145 cm³/mol. The molecule has 5 heterocycles. The zero-order chi connectivity index (χ0) is 28.4. The summed E-state index contributed by atoms with van der Waals surface area (Å²) in [4.78, 5) is 36.6. The lowest BCUT2D eigenvalue weighted by atomic mass is 9.79. The Morgan fingerprint density at radius 3 is 2.80 bits per heavy atom. The molecule has 1 spiro atoms. The molecule has 40 heavy (non-hydrogen) atoms. The monoisotopic (exact) mass is 555 g/mol. The van der Waals surface area contributed by atoms with Gasteiger partial charge >= 0.3 is 0 Å². The van der Waals surface area contributed by atoms with Crippen molar-refractivity contribution >= 4 is 23.7 Å². The van der Waals surface area contributed by atoms with Crippen LogP contribution in [0.2, 0.25) is 0 Å². The van der Waals surface area contributed by atoms with E-state index in [1.54, 1.807) is 12.1 Å². The SMILES string of the molecule is CC1(C)CCOc2c(C(=O)NC3CN4C(N)=N[C@@H](CNC(=O)C5CCCN5)C5N=C(N)NC54C3(O)O)cccc21. The van der Waals surface area contributed by atoms with E-state index in [0.29, 0.717) is 17.9 Å². The summed E-state index contributed by atoms with van der Waals surface area (Å²) in [6.45, 7) is 5.42. The van der Waals surface area contributed by atoms with Gasteiger partial charge in [-0.05, 0) is 37.3 Å². The second-order valence-corrected chi connectivity index (χ2v) is 11.8. The van der Waals surface area contributed by atoms with Crippen LogP contribution in [0.25, 0.3) is 0 Å². The van der Waals surface area contributed by atoms with Crippen LogP contribution in [-0.2, 0) is 10.2 Å². The van der Waals surface area contributed by atoms with Crippen molar-refractivity contribution in [3.63, 3.8) is 0 Å². The minimum atomic E-state index is -2.58. The van der Waals surface area contributed by atoms with Gasteiger partial charge in [-0.15, -0.1) is 0 Å². The summed E-state index contributed by atoms with van der Waals surface area (Å²) < 4.78 is 5.90. The van der Waals surface area contributed by atoms with E-state index in [0.717, 1.165) is 31.4 Å². The van der Waals surface area contributed by atoms with Gasteiger partial charge in [0.15, 0.2) is 17.6 Å². The lowest BCUT2D eigenvalue weighted by Crippen LogP contribution is -2.78. The summed E-state index contributed by atoms with van der Waals surface area (Å²) in [5, 5.41) is 35.1. The van der Waals surface area contributed by atoms with Gasteiger partial charge in [0.2, 0.25) is 11.7 Å². The minimum absolute atomic E-state index is 0.0123. The first kappa shape index (κ1) is 26.6. The Morgan fingerprint density at radius 2 is 2.05 bits per heavy atom. The van der Waals surface area contributed by atoms with E-state index in [-0.39, 0.29) is 42.4 Å². The van der Waals surface area contributed by atoms with Crippen LogP contribution in [0.4, 0.5) is 0 Å². The summed E-state index contributed by atoms with van der Waals surface area (Å²) in [7, 11) is 0. The third-order valence-electron chi connectivity index (χ3n) is 8.93. The molecule has 0 bridgehead atoms. The van der Waals surface area contributed by atoms with Crippen LogP contribution in [0.15, 0.2) is 28.2 Å². The van der Waals surface area contributed by atoms with E-state index in [2.05, 4.69) is 45.1 Å². The molecular weight excluding hydrogens is 518 g/mol. The van der Waals surface area contributed by atoms with E-state index in [4.69, 9.17) is 16.2 Å². The van der Waals surface area contributed by atoms with Crippen molar-refractivity contribution in [2.24, 2.45) is 21.5 Å². The van der Waals surface area contributed by atoms with Gasteiger partial charge in [0, 0.05) is 18.7 Å². The molecule has 5 aliphatic heterocycles. The van der Waals surface area contributed by atoms with E-state index in [1.807, 2.05) is 6.07 Å². The van der Waals surface area contributed by atoms with Crippen LogP contribution < -0.4 is 37.5 Å². The molecule has 10 N–H and O–H groups in total. The molecule has 5 aliphatic rings. The maximum atomic E-state index is 13.6. The molecule has 5 atom stereocenters. The van der Waals surface area contributed by atoms with Gasteiger partial charge < -0.3 is 52.6 Å². The quantitative estimate of drug-likeness (QED) is 0.177. The highest BCUT2D eigenvalue weighted by Crippen LogP contribution is 2.45. The number of nitrogens with one attached hydrogen (secondary N) is 4. The van der Waals surface area contributed by atoms with Crippen molar-refractivity contribution in [2.45, 2.75) is 74.1 Å². The first-order valence-electron chi connectivity index (χ1n) is 13.7. The zero-order valence-corrected chi connectivity index (χ0v) is 22.6. The average Bonchev–Trinajstić information content (AvgIpc) is 3.61. The number of rotatable bonds is 5. The zero-order valence-electron chi connectivity index (χ0n) is 22.6. The largest absolute Gasteiger partial charge is 0.492 e. The van der Waals surface area contributed by atoms with Crippen LogP contribution >= 0.6 is 0 Å². The Morgan fingerprint density at radius 1 is 1.25 bits per heavy atom. The molecule has 0 saturated carbocycles. The standard InChI is InChI=1S/C26H37N9O5/c1-24(2)8-10-40-18-13(5-3-6-14(18)24)20(36)32-17-12-35-23(28)31-16(11-30-21(37)15-7-4-9-29-15)19-25(35,26(17,38)39)34-22(27)33-19/h3,5-6,15-17,19,29,38-39H,4,7-12H2,1-2H3,(H2,28,31)(H,30,37)(H,32,36)(H3,27,33,34)/t15?,16-,17?,19?,25?/m0/s1. The highest BCUT2D eigenvalue weighted by Gasteiger charge is 2.73. The lowest BCUT2D eigenvalue weighted by Gasteiger charge is -2.49. The molecule has 0 aromatic heterocycles. The summed E-state index contributed by atoms with van der Waals surface area (Å²) in [5.74, 6) is -2.79. The number of nitrogens with zero attached hydrogens (tertiary/aromatic N) is 3. The first-order valence-corrected chi connectivity index (χ1v) is 13.7. The van der Waals surface area contributed by atoms with E-state index < -0.39 is 35.5 Å². The highest BCUT2D eigenvalue weighted by molar-refractivity contribution is 5.98. The minimum Gasteiger partial charge on any atom is -0.492 e. The number of nitrogens with two attached hydrogens (primary N) is 2. The van der Waals surface area contributed by atoms with Gasteiger partial charge in [-0.1, -0.05) is 26.0 Å². The Labute approximate surface area is 231 Å². The van der Waals surface area contributed by atoms with Crippen molar-refractivity contribution in [3.8, 4) is 5.75 Å². The Bertz CT molecular complexity index is 1290. The molecule has 2 amide bonds. The number of ether oxygens (including phenoxy) is 1. The van der Waals surface area contributed by atoms with Crippen LogP contribution in [-0.4, -0.2) is 101 Å². The molecular formula is C26H37N9O5. The second-order valence-electron chi connectivity index (χ2n) is 11.8. The number of carbonyl (C=O) groups excluding carboxylic acids is 2. The maximum absolute atomic E-state index is 13.6. The second kappa shape index (κ2) is 9.21. The van der Waals surface area contributed by atoms with Crippen molar-refractivity contribution in [3.05, 3.63) is 29.3 Å². The summed E-state index contributed by atoms with van der Waals surface area (Å²) in [6.07, 6.45) is 2.46. The van der Waals surface area contributed by atoms with Crippen molar-refractivity contribution in [2.75, 3.05) is 26.2 Å². The van der Waals surface area contributed by atoms with Gasteiger partial charge in [0.25, 0.3) is 5.91 Å². The number of amides is 2. The molecule has 0 radical (unpaired) electrons. The van der Waals surface area contributed by atoms with Crippen molar-refractivity contribution < 1.29 is 24.5 Å².